The lowest BCUT2D eigenvalue weighted by Crippen LogP contribution is -2.34. The van der Waals surface area contributed by atoms with E-state index >= 15 is 0 Å². The minimum atomic E-state index is -0.945. The Hall–Kier alpha value is -0.650. The lowest BCUT2D eigenvalue weighted by Gasteiger charge is -2.26. The van der Waals surface area contributed by atoms with Crippen molar-refractivity contribution in [3.8, 4) is 0 Å². The molecule has 0 aliphatic heterocycles. The molecule has 0 fully saturated rings. The number of benzene rings is 1. The van der Waals surface area contributed by atoms with Gasteiger partial charge in [0.25, 0.3) is 0 Å². The minimum absolute atomic E-state index is 0.139. The summed E-state index contributed by atoms with van der Waals surface area (Å²) in [5.74, 6) is -0.393. The fourth-order valence-corrected chi connectivity index (χ4v) is 2.43. The van der Waals surface area contributed by atoms with Gasteiger partial charge in [-0.1, -0.05) is 6.07 Å². The Kier molecular flexibility index (Phi) is 6.05. The van der Waals surface area contributed by atoms with Crippen molar-refractivity contribution in [1.29, 1.82) is 0 Å². The predicted octanol–water partition coefficient (Wildman–Crippen LogP) is 2.68. The van der Waals surface area contributed by atoms with Crippen LogP contribution in [0.5, 0.6) is 0 Å². The average molecular weight is 275 g/mol. The lowest BCUT2D eigenvalue weighted by atomic mass is 10.1. The number of likely N-dealkylation sites (N-methyl/N-ethyl adjacent to an activating group) is 1. The van der Waals surface area contributed by atoms with Gasteiger partial charge in [-0.2, -0.15) is 11.8 Å². The van der Waals surface area contributed by atoms with Gasteiger partial charge in [-0.3, -0.25) is 4.90 Å². The van der Waals surface area contributed by atoms with Crippen LogP contribution in [0.3, 0.4) is 0 Å². The van der Waals surface area contributed by atoms with Crippen molar-refractivity contribution < 1.29 is 13.9 Å². The van der Waals surface area contributed by atoms with Crippen LogP contribution in [0.4, 0.5) is 8.78 Å². The third-order valence-electron chi connectivity index (χ3n) is 2.94. The number of hydrogen-bond donors (Lipinski definition) is 1. The van der Waals surface area contributed by atoms with Gasteiger partial charge in [0.1, 0.15) is 11.6 Å². The number of thioether (sulfide) groups is 1. The molecular formula is C13H19F2NOS. The Labute approximate surface area is 111 Å². The molecule has 2 unspecified atom stereocenters. The fraction of sp³-hybridized carbons (Fsp3) is 0.538. The molecule has 0 bridgehead atoms. The molecule has 0 aliphatic carbocycles. The molecule has 1 aromatic carbocycles. The molecule has 0 aromatic heterocycles. The summed E-state index contributed by atoms with van der Waals surface area (Å²) < 4.78 is 26.2. The van der Waals surface area contributed by atoms with Gasteiger partial charge in [0, 0.05) is 30.0 Å². The van der Waals surface area contributed by atoms with Crippen molar-refractivity contribution in [2.75, 3.05) is 25.6 Å². The smallest absolute Gasteiger partial charge is 0.131 e. The largest absolute Gasteiger partial charge is 0.387 e. The number of aliphatic hydroxyl groups is 1. The molecular weight excluding hydrogens is 256 g/mol. The number of nitrogens with zero attached hydrogens (tertiary/aromatic N) is 1. The van der Waals surface area contributed by atoms with Crippen LogP contribution in [0.25, 0.3) is 0 Å². The second kappa shape index (κ2) is 7.07. The summed E-state index contributed by atoms with van der Waals surface area (Å²) in [6.07, 6.45) is 1.07. The average Bonchev–Trinajstić information content (AvgIpc) is 2.28. The fourth-order valence-electron chi connectivity index (χ4n) is 1.69. The molecule has 5 heteroatoms. The lowest BCUT2D eigenvalue weighted by molar-refractivity contribution is 0.110. The Morgan fingerprint density at radius 1 is 1.39 bits per heavy atom. The van der Waals surface area contributed by atoms with Crippen LogP contribution in [-0.4, -0.2) is 41.6 Å². The molecule has 0 saturated carbocycles. The van der Waals surface area contributed by atoms with Crippen molar-refractivity contribution in [3.05, 3.63) is 35.4 Å². The van der Waals surface area contributed by atoms with E-state index in [0.717, 1.165) is 17.9 Å². The second-order valence-corrected chi connectivity index (χ2v) is 5.34. The number of rotatable bonds is 6. The van der Waals surface area contributed by atoms with Crippen LogP contribution >= 0.6 is 11.8 Å². The zero-order valence-electron chi connectivity index (χ0n) is 10.9. The van der Waals surface area contributed by atoms with Crippen molar-refractivity contribution in [3.63, 3.8) is 0 Å². The Morgan fingerprint density at radius 3 is 2.61 bits per heavy atom. The zero-order chi connectivity index (χ0) is 13.7. The van der Waals surface area contributed by atoms with E-state index in [1.807, 2.05) is 25.1 Å². The van der Waals surface area contributed by atoms with Crippen LogP contribution < -0.4 is 0 Å². The van der Waals surface area contributed by atoms with Crippen LogP contribution in [-0.2, 0) is 0 Å². The predicted molar refractivity (Wildman–Crippen MR) is 71.8 cm³/mol. The summed E-state index contributed by atoms with van der Waals surface area (Å²) in [6.45, 7) is 2.37. The summed E-state index contributed by atoms with van der Waals surface area (Å²) in [6, 6.07) is 3.54. The van der Waals surface area contributed by atoms with Gasteiger partial charge in [-0.25, -0.2) is 8.78 Å². The molecule has 2 atom stereocenters. The van der Waals surface area contributed by atoms with Gasteiger partial charge < -0.3 is 5.11 Å². The second-order valence-electron chi connectivity index (χ2n) is 4.43. The molecule has 102 valence electrons. The van der Waals surface area contributed by atoms with Gasteiger partial charge >= 0.3 is 0 Å². The van der Waals surface area contributed by atoms with E-state index < -0.39 is 17.7 Å². The van der Waals surface area contributed by atoms with Gasteiger partial charge in [0.2, 0.25) is 0 Å². The maximum absolute atomic E-state index is 13.5. The third kappa shape index (κ3) is 4.23. The number of halogens is 2. The van der Waals surface area contributed by atoms with E-state index in [1.54, 1.807) is 11.8 Å². The van der Waals surface area contributed by atoms with E-state index in [4.69, 9.17) is 0 Å². The maximum atomic E-state index is 13.5. The highest BCUT2D eigenvalue weighted by molar-refractivity contribution is 7.98. The highest BCUT2D eigenvalue weighted by Crippen LogP contribution is 2.19. The molecule has 1 N–H and O–H groups in total. The van der Waals surface area contributed by atoms with Gasteiger partial charge in [0.15, 0.2) is 0 Å². The molecule has 2 nitrogen and oxygen atoms in total. The van der Waals surface area contributed by atoms with E-state index in [1.165, 1.54) is 6.07 Å². The van der Waals surface area contributed by atoms with Crippen molar-refractivity contribution >= 4 is 11.8 Å². The monoisotopic (exact) mass is 275 g/mol. The topological polar surface area (TPSA) is 23.5 Å². The molecule has 0 saturated heterocycles. The molecule has 0 heterocycles. The van der Waals surface area contributed by atoms with E-state index in [2.05, 4.69) is 0 Å². The Balaban J connectivity index is 2.67. The first-order chi connectivity index (χ1) is 8.45. The van der Waals surface area contributed by atoms with E-state index in [0.29, 0.717) is 6.54 Å². The quantitative estimate of drug-likeness (QED) is 0.863. The summed E-state index contributed by atoms with van der Waals surface area (Å²) >= 11 is 1.72. The van der Waals surface area contributed by atoms with Gasteiger partial charge in [0.05, 0.1) is 6.10 Å². The minimum Gasteiger partial charge on any atom is -0.387 e. The van der Waals surface area contributed by atoms with E-state index in [9.17, 15) is 13.9 Å². The molecule has 18 heavy (non-hydrogen) atoms. The normalized spacial score (nSPS) is 14.8. The molecule has 0 spiro atoms. The first kappa shape index (κ1) is 15.4. The number of hydrogen-bond acceptors (Lipinski definition) is 3. The van der Waals surface area contributed by atoms with Crippen LogP contribution in [0, 0.1) is 11.6 Å². The van der Waals surface area contributed by atoms with Crippen molar-refractivity contribution in [2.24, 2.45) is 0 Å². The Morgan fingerprint density at radius 2 is 2.06 bits per heavy atom. The number of aliphatic hydroxyl groups excluding tert-OH is 1. The first-order valence-electron chi connectivity index (χ1n) is 5.78. The maximum Gasteiger partial charge on any atom is 0.131 e. The van der Waals surface area contributed by atoms with Crippen molar-refractivity contribution in [1.82, 2.24) is 4.90 Å². The summed E-state index contributed by atoms with van der Waals surface area (Å²) in [5.41, 5.74) is 0.139. The molecule has 1 aromatic rings. The molecule has 0 radical (unpaired) electrons. The van der Waals surface area contributed by atoms with E-state index in [-0.39, 0.29) is 11.6 Å². The summed E-state index contributed by atoms with van der Waals surface area (Å²) in [4.78, 5) is 1.96. The van der Waals surface area contributed by atoms with Gasteiger partial charge in [-0.05, 0) is 26.3 Å². The zero-order valence-corrected chi connectivity index (χ0v) is 11.7. The molecule has 1 rings (SSSR count). The summed E-state index contributed by atoms with van der Waals surface area (Å²) in [7, 11) is 1.88. The van der Waals surface area contributed by atoms with Crippen molar-refractivity contribution in [2.45, 2.75) is 19.1 Å². The van der Waals surface area contributed by atoms with Crippen LogP contribution in [0.2, 0.25) is 0 Å². The van der Waals surface area contributed by atoms with Gasteiger partial charge in [-0.15, -0.1) is 0 Å². The highest BCUT2D eigenvalue weighted by atomic mass is 32.2. The highest BCUT2D eigenvalue weighted by Gasteiger charge is 2.18. The summed E-state index contributed by atoms with van der Waals surface area (Å²) in [5, 5.41) is 9.97. The molecule has 0 aliphatic rings. The third-order valence-corrected chi connectivity index (χ3v) is 3.76. The van der Waals surface area contributed by atoms with Crippen LogP contribution in [0.1, 0.15) is 18.6 Å². The SMILES string of the molecule is CSCC(C)N(C)CC(O)c1ccc(F)cc1F. The first-order valence-corrected chi connectivity index (χ1v) is 7.17. The standard InChI is InChI=1S/C13H19F2NOS/c1-9(8-18-3)16(2)7-13(17)11-5-4-10(14)6-12(11)15/h4-6,9,13,17H,7-8H2,1-3H3. The Bertz CT molecular complexity index is 389. The van der Waals surface area contributed by atoms with Crippen LogP contribution in [0.15, 0.2) is 18.2 Å². The molecule has 0 amide bonds.